The van der Waals surface area contributed by atoms with Gasteiger partial charge in [0.25, 0.3) is 5.91 Å². The first-order chi connectivity index (χ1) is 9.90. The molecule has 0 bridgehead atoms. The van der Waals surface area contributed by atoms with Crippen LogP contribution >= 0.6 is 15.9 Å². The molecule has 21 heavy (non-hydrogen) atoms. The Balaban J connectivity index is 2.13. The van der Waals surface area contributed by atoms with E-state index >= 15 is 0 Å². The molecule has 0 saturated heterocycles. The van der Waals surface area contributed by atoms with Crippen molar-refractivity contribution in [2.24, 2.45) is 0 Å². The van der Waals surface area contributed by atoms with Crippen LogP contribution < -0.4 is 9.64 Å². The van der Waals surface area contributed by atoms with Crippen molar-refractivity contribution in [1.82, 2.24) is 4.98 Å². The number of para-hydroxylation sites is 1. The molecule has 108 valence electrons. The summed E-state index contributed by atoms with van der Waals surface area (Å²) in [4.78, 5) is 18.9. The van der Waals surface area contributed by atoms with Gasteiger partial charge >= 0.3 is 0 Å². The van der Waals surface area contributed by atoms with Crippen LogP contribution in [0.15, 0.2) is 41.0 Å². The fourth-order valence-corrected chi connectivity index (χ4v) is 2.72. The Morgan fingerprint density at radius 3 is 2.62 bits per heavy atom. The minimum Gasteiger partial charge on any atom is -0.467 e. The highest BCUT2D eigenvalue weighted by atomic mass is 79.9. The van der Waals surface area contributed by atoms with Crippen LogP contribution in [0.1, 0.15) is 29.8 Å². The summed E-state index contributed by atoms with van der Waals surface area (Å²) >= 11 is 3.41. The molecule has 0 fully saturated rings. The van der Waals surface area contributed by atoms with Crippen molar-refractivity contribution in [2.75, 3.05) is 4.90 Å². The predicted octanol–water partition coefficient (Wildman–Crippen LogP) is 3.93. The van der Waals surface area contributed by atoms with Crippen LogP contribution in [0.25, 0.3) is 0 Å². The molecule has 0 N–H and O–H groups in total. The summed E-state index contributed by atoms with van der Waals surface area (Å²) in [5.74, 6) is 1.07. The smallest absolute Gasteiger partial charge is 0.266 e. The molecular formula is C16H15BrN2O2. The molecule has 1 aliphatic heterocycles. The number of amides is 1. The number of carbonyl (C=O) groups is 1. The summed E-state index contributed by atoms with van der Waals surface area (Å²) in [5.41, 5.74) is 0.769. The first-order valence-electron chi connectivity index (χ1n) is 6.66. The molecule has 0 aliphatic carbocycles. The number of hydrogen-bond donors (Lipinski definition) is 0. The molecule has 0 spiro atoms. The lowest BCUT2D eigenvalue weighted by Crippen LogP contribution is -2.55. The second-order valence-corrected chi connectivity index (χ2v) is 6.21. The molecule has 1 aromatic heterocycles. The van der Waals surface area contributed by atoms with Crippen LogP contribution in [-0.2, 0) is 0 Å². The summed E-state index contributed by atoms with van der Waals surface area (Å²) in [6, 6.07) is 11.0. The van der Waals surface area contributed by atoms with E-state index in [9.17, 15) is 4.79 Å². The van der Waals surface area contributed by atoms with Crippen LogP contribution in [0.3, 0.4) is 0 Å². The Labute approximate surface area is 131 Å². The topological polar surface area (TPSA) is 42.4 Å². The maximum absolute atomic E-state index is 12.8. The molecule has 1 aromatic carbocycles. The second kappa shape index (κ2) is 4.84. The first kappa shape index (κ1) is 14.1. The van der Waals surface area contributed by atoms with Crippen molar-refractivity contribution >= 4 is 27.7 Å². The van der Waals surface area contributed by atoms with E-state index in [4.69, 9.17) is 4.74 Å². The summed E-state index contributed by atoms with van der Waals surface area (Å²) in [7, 11) is 0. The van der Waals surface area contributed by atoms with Gasteiger partial charge in [-0.1, -0.05) is 18.2 Å². The SMILES string of the molecule is Cc1ccc(N2C(=O)c3ccccc3OC2(C)C)nc1Br. The molecule has 2 aromatic rings. The molecule has 0 radical (unpaired) electrons. The van der Waals surface area contributed by atoms with E-state index < -0.39 is 5.72 Å². The lowest BCUT2D eigenvalue weighted by molar-refractivity contribution is 0.0631. The third-order valence-corrected chi connectivity index (χ3v) is 4.27. The number of halogens is 1. The van der Waals surface area contributed by atoms with Gasteiger partial charge in [0, 0.05) is 0 Å². The third-order valence-electron chi connectivity index (χ3n) is 3.47. The lowest BCUT2D eigenvalue weighted by atomic mass is 10.1. The van der Waals surface area contributed by atoms with E-state index in [1.807, 2.05) is 51.1 Å². The second-order valence-electron chi connectivity index (χ2n) is 5.46. The summed E-state index contributed by atoms with van der Waals surface area (Å²) < 4.78 is 6.70. The number of ether oxygens (including phenoxy) is 1. The number of benzene rings is 1. The van der Waals surface area contributed by atoms with E-state index in [1.54, 1.807) is 11.0 Å². The maximum atomic E-state index is 12.8. The number of fused-ring (bicyclic) bond motifs is 1. The maximum Gasteiger partial charge on any atom is 0.266 e. The van der Waals surface area contributed by atoms with E-state index in [0.29, 0.717) is 17.1 Å². The Hall–Kier alpha value is -1.88. The average molecular weight is 347 g/mol. The minimum atomic E-state index is -0.798. The van der Waals surface area contributed by atoms with Crippen molar-refractivity contribution in [3.05, 3.63) is 52.1 Å². The van der Waals surface area contributed by atoms with Gasteiger partial charge < -0.3 is 4.74 Å². The number of rotatable bonds is 1. The van der Waals surface area contributed by atoms with Crippen molar-refractivity contribution in [1.29, 1.82) is 0 Å². The fourth-order valence-electron chi connectivity index (χ4n) is 2.41. The fraction of sp³-hybridized carbons (Fsp3) is 0.250. The van der Waals surface area contributed by atoms with Gasteiger partial charge in [-0.3, -0.25) is 9.69 Å². The van der Waals surface area contributed by atoms with Gasteiger partial charge in [0.2, 0.25) is 0 Å². The number of pyridine rings is 1. The van der Waals surface area contributed by atoms with E-state index in [-0.39, 0.29) is 5.91 Å². The zero-order valence-corrected chi connectivity index (χ0v) is 13.6. The monoisotopic (exact) mass is 346 g/mol. The third kappa shape index (κ3) is 2.31. The first-order valence-corrected chi connectivity index (χ1v) is 7.45. The van der Waals surface area contributed by atoms with Crippen LogP contribution in [0.2, 0.25) is 0 Å². The van der Waals surface area contributed by atoms with Crippen molar-refractivity contribution in [3.63, 3.8) is 0 Å². The Kier molecular flexibility index (Phi) is 3.24. The minimum absolute atomic E-state index is 0.106. The summed E-state index contributed by atoms with van der Waals surface area (Å²) in [6.07, 6.45) is 0. The quantitative estimate of drug-likeness (QED) is 0.734. The molecule has 2 heterocycles. The van der Waals surface area contributed by atoms with Crippen LogP contribution in [-0.4, -0.2) is 16.6 Å². The van der Waals surface area contributed by atoms with Crippen LogP contribution in [0, 0.1) is 6.92 Å². The Bertz CT molecular complexity index is 728. The van der Waals surface area contributed by atoms with Gasteiger partial charge in [-0.05, 0) is 60.5 Å². The molecule has 3 rings (SSSR count). The summed E-state index contributed by atoms with van der Waals surface area (Å²) in [6.45, 7) is 5.67. The number of aromatic nitrogens is 1. The highest BCUT2D eigenvalue weighted by Gasteiger charge is 2.41. The zero-order chi connectivity index (χ0) is 15.2. The molecule has 0 unspecified atom stereocenters. The normalized spacial score (nSPS) is 16.4. The molecule has 1 aliphatic rings. The van der Waals surface area contributed by atoms with Crippen molar-refractivity contribution in [3.8, 4) is 5.75 Å². The highest BCUT2D eigenvalue weighted by molar-refractivity contribution is 9.10. The van der Waals surface area contributed by atoms with Gasteiger partial charge in [0.05, 0.1) is 5.56 Å². The van der Waals surface area contributed by atoms with E-state index in [1.165, 1.54) is 0 Å². The number of carbonyl (C=O) groups excluding carboxylic acids is 1. The Morgan fingerprint density at radius 2 is 1.90 bits per heavy atom. The Morgan fingerprint density at radius 1 is 1.19 bits per heavy atom. The van der Waals surface area contributed by atoms with Crippen molar-refractivity contribution < 1.29 is 9.53 Å². The molecular weight excluding hydrogens is 332 g/mol. The molecule has 1 amide bonds. The molecule has 4 nitrogen and oxygen atoms in total. The van der Waals surface area contributed by atoms with E-state index in [2.05, 4.69) is 20.9 Å². The molecule has 0 atom stereocenters. The van der Waals surface area contributed by atoms with Gasteiger partial charge in [-0.2, -0.15) is 0 Å². The van der Waals surface area contributed by atoms with Gasteiger partial charge in [-0.25, -0.2) is 4.98 Å². The zero-order valence-electron chi connectivity index (χ0n) is 12.1. The van der Waals surface area contributed by atoms with Gasteiger partial charge in [0.15, 0.2) is 5.72 Å². The van der Waals surface area contributed by atoms with Gasteiger partial charge in [-0.15, -0.1) is 0 Å². The number of hydrogen-bond acceptors (Lipinski definition) is 3. The van der Waals surface area contributed by atoms with Crippen molar-refractivity contribution in [2.45, 2.75) is 26.5 Å². The number of anilines is 1. The summed E-state index contributed by atoms with van der Waals surface area (Å²) in [5, 5.41) is 0. The van der Waals surface area contributed by atoms with E-state index in [0.717, 1.165) is 10.2 Å². The number of aryl methyl sites for hydroxylation is 1. The standard InChI is InChI=1S/C16H15BrN2O2/c1-10-8-9-13(18-14(10)17)19-15(20)11-6-4-5-7-12(11)21-16(19,2)3/h4-9H,1-3H3. The molecule has 5 heteroatoms. The number of nitrogens with zero attached hydrogens (tertiary/aromatic N) is 2. The van der Waals surface area contributed by atoms with Crippen LogP contribution in [0.4, 0.5) is 5.82 Å². The average Bonchev–Trinajstić information content (AvgIpc) is 2.42. The molecule has 0 saturated carbocycles. The lowest BCUT2D eigenvalue weighted by Gasteiger charge is -2.42. The van der Waals surface area contributed by atoms with Crippen LogP contribution in [0.5, 0.6) is 5.75 Å². The van der Waals surface area contributed by atoms with Gasteiger partial charge in [0.1, 0.15) is 16.2 Å². The largest absolute Gasteiger partial charge is 0.467 e. The predicted molar refractivity (Wildman–Crippen MR) is 84.6 cm³/mol. The highest BCUT2D eigenvalue weighted by Crippen LogP contribution is 2.36.